The van der Waals surface area contributed by atoms with Gasteiger partial charge in [-0.3, -0.25) is 9.78 Å². The largest absolute Gasteiger partial charge is 0.496 e. The van der Waals surface area contributed by atoms with Crippen molar-refractivity contribution in [2.75, 3.05) is 12.4 Å². The summed E-state index contributed by atoms with van der Waals surface area (Å²) in [6, 6.07) is 11.8. The summed E-state index contributed by atoms with van der Waals surface area (Å²) in [5.74, 6) is 0.201. The van der Waals surface area contributed by atoms with Crippen LogP contribution in [0.25, 0.3) is 10.9 Å². The molecule has 3 aromatic rings. The van der Waals surface area contributed by atoms with Crippen LogP contribution in [0.3, 0.4) is 0 Å². The number of carbonyl (C=O) groups is 2. The van der Waals surface area contributed by atoms with Crippen molar-refractivity contribution in [2.45, 2.75) is 19.8 Å². The Morgan fingerprint density at radius 3 is 2.45 bits per heavy atom. The van der Waals surface area contributed by atoms with Crippen LogP contribution in [-0.4, -0.2) is 29.1 Å². The van der Waals surface area contributed by atoms with Gasteiger partial charge >= 0.3 is 5.97 Å². The summed E-state index contributed by atoms with van der Waals surface area (Å²) >= 11 is 0. The second-order valence-corrected chi connectivity index (χ2v) is 7.33. The van der Waals surface area contributed by atoms with Crippen LogP contribution in [0, 0.1) is 5.41 Å². The normalized spacial score (nSPS) is 14.3. The average molecular weight is 392 g/mol. The summed E-state index contributed by atoms with van der Waals surface area (Å²) in [4.78, 5) is 27.9. The second kappa shape index (κ2) is 7.09. The number of anilines is 1. The molecule has 29 heavy (non-hydrogen) atoms. The zero-order valence-electron chi connectivity index (χ0n) is 16.1. The minimum atomic E-state index is -1.09. The third-order valence-corrected chi connectivity index (χ3v) is 5.14. The number of rotatable bonds is 6. The van der Waals surface area contributed by atoms with Crippen molar-refractivity contribution in [3.8, 4) is 17.2 Å². The summed E-state index contributed by atoms with van der Waals surface area (Å²) in [6.07, 6.45) is 3.42. The summed E-state index contributed by atoms with van der Waals surface area (Å²) in [6.45, 7) is 1.95. The number of methoxy groups -OCH3 is 1. The number of hydrogen-bond acceptors (Lipinski definition) is 5. The molecule has 2 N–H and O–H groups in total. The first-order chi connectivity index (χ1) is 13.9. The number of carboxylic acid groups (broad SMARTS) is 1. The number of aromatic nitrogens is 1. The molecule has 7 heteroatoms. The molecule has 0 atom stereocenters. The van der Waals surface area contributed by atoms with Gasteiger partial charge in [0.05, 0.1) is 12.6 Å². The first-order valence-electron chi connectivity index (χ1n) is 9.19. The third-order valence-electron chi connectivity index (χ3n) is 5.14. The van der Waals surface area contributed by atoms with E-state index in [0.29, 0.717) is 28.1 Å². The lowest BCUT2D eigenvalue weighted by atomic mass is 10.1. The van der Waals surface area contributed by atoms with Crippen molar-refractivity contribution in [2.24, 2.45) is 5.41 Å². The second-order valence-electron chi connectivity index (χ2n) is 7.33. The molecule has 0 aliphatic heterocycles. The number of benzene rings is 2. The van der Waals surface area contributed by atoms with Crippen molar-refractivity contribution in [3.63, 3.8) is 0 Å². The molecule has 7 nitrogen and oxygen atoms in total. The molecule has 0 unspecified atom stereocenters. The predicted octanol–water partition coefficient (Wildman–Crippen LogP) is 4.47. The monoisotopic (exact) mass is 392 g/mol. The summed E-state index contributed by atoms with van der Waals surface area (Å²) in [7, 11) is 1.41. The van der Waals surface area contributed by atoms with E-state index in [9.17, 15) is 14.7 Å². The Morgan fingerprint density at radius 1 is 1.10 bits per heavy atom. The quantitative estimate of drug-likeness (QED) is 0.642. The Balaban J connectivity index is 1.59. The zero-order valence-corrected chi connectivity index (χ0v) is 16.1. The molecular weight excluding hydrogens is 372 g/mol. The fourth-order valence-electron chi connectivity index (χ4n) is 3.00. The van der Waals surface area contributed by atoms with Gasteiger partial charge in [0.25, 0.3) is 0 Å². The molecule has 0 spiro atoms. The minimum absolute atomic E-state index is 0.0291. The number of nitrogens with zero attached hydrogens (tertiary/aromatic N) is 1. The number of ether oxygens (including phenoxy) is 2. The standard InChI is InChI=1S/C22H20N2O5/c1-22(8-9-22)21(27)24-13-3-5-14(6-4-13)29-18-7-10-23-17-12-19(28-2)16(20(25)26)11-15(17)18/h3-7,10-12H,8-9H2,1-2H3,(H,24,27)(H,25,26). The Hall–Kier alpha value is -3.61. The fourth-order valence-corrected chi connectivity index (χ4v) is 3.00. The van der Waals surface area contributed by atoms with Crippen LogP contribution in [0.4, 0.5) is 5.69 Å². The Morgan fingerprint density at radius 2 is 1.83 bits per heavy atom. The van der Waals surface area contributed by atoms with Crippen LogP contribution in [0.5, 0.6) is 17.2 Å². The maximum atomic E-state index is 12.2. The van der Waals surface area contributed by atoms with Gasteiger partial charge in [-0.25, -0.2) is 4.79 Å². The van der Waals surface area contributed by atoms with Gasteiger partial charge in [-0.2, -0.15) is 0 Å². The van der Waals surface area contributed by atoms with Crippen LogP contribution in [0.1, 0.15) is 30.1 Å². The maximum Gasteiger partial charge on any atom is 0.339 e. The molecule has 1 heterocycles. The Kier molecular flexibility index (Phi) is 4.58. The van der Waals surface area contributed by atoms with E-state index in [2.05, 4.69) is 10.3 Å². The van der Waals surface area contributed by atoms with E-state index in [-0.39, 0.29) is 22.6 Å². The van der Waals surface area contributed by atoms with Crippen molar-refractivity contribution in [1.29, 1.82) is 0 Å². The highest BCUT2D eigenvalue weighted by molar-refractivity contribution is 5.99. The lowest BCUT2D eigenvalue weighted by molar-refractivity contribution is -0.120. The summed E-state index contributed by atoms with van der Waals surface area (Å²) < 4.78 is 11.1. The Bertz CT molecular complexity index is 1100. The summed E-state index contributed by atoms with van der Waals surface area (Å²) in [5.41, 5.74) is 1.05. The molecule has 2 aromatic carbocycles. The molecule has 1 saturated carbocycles. The molecule has 1 aliphatic rings. The molecule has 0 bridgehead atoms. The molecule has 0 saturated heterocycles. The number of fused-ring (bicyclic) bond motifs is 1. The predicted molar refractivity (Wildman–Crippen MR) is 108 cm³/mol. The number of carbonyl (C=O) groups excluding carboxylic acids is 1. The first kappa shape index (κ1) is 18.7. The number of hydrogen-bond donors (Lipinski definition) is 2. The molecule has 1 amide bonds. The van der Waals surface area contributed by atoms with Crippen LogP contribution in [0.15, 0.2) is 48.7 Å². The summed E-state index contributed by atoms with van der Waals surface area (Å²) in [5, 5.41) is 12.9. The molecule has 1 fully saturated rings. The highest BCUT2D eigenvalue weighted by Gasteiger charge is 2.44. The SMILES string of the molecule is COc1cc2nccc(Oc3ccc(NC(=O)C4(C)CC4)cc3)c2cc1C(=O)O. The fraction of sp³-hybridized carbons (Fsp3) is 0.227. The molecule has 4 rings (SSSR count). The molecular formula is C22H20N2O5. The van der Waals surface area contributed by atoms with E-state index in [1.54, 1.807) is 42.6 Å². The van der Waals surface area contributed by atoms with Crippen molar-refractivity contribution in [1.82, 2.24) is 4.98 Å². The van der Waals surface area contributed by atoms with Gasteiger partial charge in [0, 0.05) is 28.8 Å². The number of nitrogens with one attached hydrogen (secondary N) is 1. The van der Waals surface area contributed by atoms with E-state index >= 15 is 0 Å². The van der Waals surface area contributed by atoms with Crippen LogP contribution in [0.2, 0.25) is 0 Å². The van der Waals surface area contributed by atoms with Gasteiger partial charge in [-0.05, 0) is 49.2 Å². The molecule has 0 radical (unpaired) electrons. The maximum absolute atomic E-state index is 12.2. The van der Waals surface area contributed by atoms with Gasteiger partial charge < -0.3 is 19.9 Å². The first-order valence-corrected chi connectivity index (χ1v) is 9.19. The molecule has 148 valence electrons. The minimum Gasteiger partial charge on any atom is -0.496 e. The van der Waals surface area contributed by atoms with Gasteiger partial charge in [0.1, 0.15) is 22.8 Å². The van der Waals surface area contributed by atoms with Gasteiger partial charge in [-0.15, -0.1) is 0 Å². The topological polar surface area (TPSA) is 97.8 Å². The van der Waals surface area contributed by atoms with Crippen LogP contribution in [-0.2, 0) is 4.79 Å². The van der Waals surface area contributed by atoms with Gasteiger partial charge in [-0.1, -0.05) is 6.92 Å². The van der Waals surface area contributed by atoms with E-state index in [4.69, 9.17) is 9.47 Å². The number of amides is 1. The van der Waals surface area contributed by atoms with E-state index < -0.39 is 5.97 Å². The third kappa shape index (κ3) is 3.71. The van der Waals surface area contributed by atoms with Crippen molar-refractivity contribution < 1.29 is 24.2 Å². The van der Waals surface area contributed by atoms with E-state index in [0.717, 1.165) is 12.8 Å². The number of aromatic carboxylic acids is 1. The van der Waals surface area contributed by atoms with Gasteiger partial charge in [0.2, 0.25) is 5.91 Å². The van der Waals surface area contributed by atoms with Gasteiger partial charge in [0.15, 0.2) is 0 Å². The van der Waals surface area contributed by atoms with Crippen LogP contribution >= 0.6 is 0 Å². The van der Waals surface area contributed by atoms with E-state index in [1.807, 2.05) is 6.92 Å². The highest BCUT2D eigenvalue weighted by Crippen LogP contribution is 2.45. The average Bonchev–Trinajstić information content (AvgIpc) is 3.47. The lowest BCUT2D eigenvalue weighted by Gasteiger charge is -2.13. The van der Waals surface area contributed by atoms with Crippen LogP contribution < -0.4 is 14.8 Å². The highest BCUT2D eigenvalue weighted by atomic mass is 16.5. The lowest BCUT2D eigenvalue weighted by Crippen LogP contribution is -2.21. The smallest absolute Gasteiger partial charge is 0.339 e. The number of pyridine rings is 1. The van der Waals surface area contributed by atoms with E-state index in [1.165, 1.54) is 13.2 Å². The van der Waals surface area contributed by atoms with Crippen molar-refractivity contribution in [3.05, 3.63) is 54.2 Å². The molecule has 1 aliphatic carbocycles. The number of carboxylic acids is 1. The Labute approximate surface area is 167 Å². The van der Waals surface area contributed by atoms with Crippen molar-refractivity contribution >= 4 is 28.5 Å². The molecule has 1 aromatic heterocycles. The zero-order chi connectivity index (χ0) is 20.6.